The molecular formula is C24H29F2N3O2. The Morgan fingerprint density at radius 3 is 2.19 bits per heavy atom. The average Bonchev–Trinajstić information content (AvgIpc) is 3.19. The molecule has 0 radical (unpaired) electrons. The van der Waals surface area contributed by atoms with Crippen LogP contribution in [0.1, 0.15) is 24.6 Å². The quantitative estimate of drug-likeness (QED) is 0.424. The summed E-state index contributed by atoms with van der Waals surface area (Å²) in [4.78, 5) is 2.16. The van der Waals surface area contributed by atoms with Crippen molar-refractivity contribution < 1.29 is 18.3 Å². The Morgan fingerprint density at radius 1 is 0.935 bits per heavy atom. The Bertz CT molecular complexity index is 944. The third-order valence-electron chi connectivity index (χ3n) is 5.34. The summed E-state index contributed by atoms with van der Waals surface area (Å²) >= 11 is 0. The number of hydrogen-bond acceptors (Lipinski definition) is 4. The molecule has 0 bridgehead atoms. The fraction of sp³-hybridized carbons (Fsp3) is 0.375. The van der Waals surface area contributed by atoms with Crippen LogP contribution in [0.25, 0.3) is 0 Å². The number of benzene rings is 2. The zero-order valence-electron chi connectivity index (χ0n) is 18.2. The first kappa shape index (κ1) is 22.9. The lowest BCUT2D eigenvalue weighted by molar-refractivity contribution is -0.0134. The Balaban J connectivity index is 1.49. The Kier molecular flexibility index (Phi) is 7.76. The van der Waals surface area contributed by atoms with Crippen molar-refractivity contribution in [3.05, 3.63) is 83.7 Å². The van der Waals surface area contributed by atoms with Crippen LogP contribution in [0, 0.1) is 11.6 Å². The summed E-state index contributed by atoms with van der Waals surface area (Å²) in [6.45, 7) is 4.61. The van der Waals surface area contributed by atoms with Gasteiger partial charge in [0.1, 0.15) is 29.6 Å². The van der Waals surface area contributed by atoms with Gasteiger partial charge in [0.2, 0.25) is 0 Å². The van der Waals surface area contributed by atoms with Gasteiger partial charge < -0.3 is 14.4 Å². The predicted octanol–water partition coefficient (Wildman–Crippen LogP) is 4.38. The van der Waals surface area contributed by atoms with Gasteiger partial charge in [-0.15, -0.1) is 0 Å². The number of rotatable bonds is 11. The lowest BCUT2D eigenvalue weighted by Crippen LogP contribution is -2.32. The highest BCUT2D eigenvalue weighted by Gasteiger charge is 2.32. The molecule has 31 heavy (non-hydrogen) atoms. The molecular weight excluding hydrogens is 400 g/mol. The molecule has 1 heterocycles. The van der Waals surface area contributed by atoms with Crippen LogP contribution in [0.5, 0.6) is 5.75 Å². The minimum Gasteiger partial charge on any atom is -0.492 e. The van der Waals surface area contributed by atoms with Crippen LogP contribution in [0.3, 0.4) is 0 Å². The number of aryl methyl sites for hydroxylation is 1. The molecule has 0 saturated heterocycles. The van der Waals surface area contributed by atoms with Crippen molar-refractivity contribution in [2.75, 3.05) is 33.4 Å². The van der Waals surface area contributed by atoms with E-state index < -0.39 is 5.60 Å². The van der Waals surface area contributed by atoms with Gasteiger partial charge in [0.25, 0.3) is 0 Å². The fourth-order valence-electron chi connectivity index (χ4n) is 3.49. The summed E-state index contributed by atoms with van der Waals surface area (Å²) in [6, 6.07) is 14.3. The third-order valence-corrected chi connectivity index (χ3v) is 5.34. The van der Waals surface area contributed by atoms with Gasteiger partial charge in [-0.05, 0) is 68.4 Å². The first-order valence-corrected chi connectivity index (χ1v) is 10.3. The lowest BCUT2D eigenvalue weighted by Gasteiger charge is -2.31. The molecule has 2 aromatic carbocycles. The number of likely N-dealkylation sites (N-methyl/N-ethyl adjacent to an activating group) is 1. The van der Waals surface area contributed by atoms with Crippen LogP contribution < -0.4 is 4.74 Å². The average molecular weight is 430 g/mol. The molecule has 0 saturated carbocycles. The molecule has 5 nitrogen and oxygen atoms in total. The summed E-state index contributed by atoms with van der Waals surface area (Å²) in [7, 11) is 3.89. The number of halogens is 2. The summed E-state index contributed by atoms with van der Waals surface area (Å²) in [5.74, 6) is 0.105. The van der Waals surface area contributed by atoms with Gasteiger partial charge in [0.15, 0.2) is 0 Å². The van der Waals surface area contributed by atoms with Gasteiger partial charge in [0, 0.05) is 32.9 Å². The molecule has 166 valence electrons. The van der Waals surface area contributed by atoms with Gasteiger partial charge in [-0.25, -0.2) is 8.78 Å². The molecule has 0 aliphatic rings. The van der Waals surface area contributed by atoms with Crippen molar-refractivity contribution in [3.63, 3.8) is 0 Å². The van der Waals surface area contributed by atoms with E-state index >= 15 is 0 Å². The molecule has 1 aromatic heterocycles. The minimum atomic E-state index is -0.733. The van der Waals surface area contributed by atoms with Crippen molar-refractivity contribution in [1.82, 2.24) is 14.7 Å². The molecule has 0 N–H and O–H groups in total. The zero-order valence-corrected chi connectivity index (χ0v) is 18.2. The van der Waals surface area contributed by atoms with E-state index in [0.29, 0.717) is 19.0 Å². The molecule has 1 unspecified atom stereocenters. The van der Waals surface area contributed by atoms with Crippen LogP contribution in [-0.2, 0) is 17.4 Å². The number of aromatic nitrogens is 2. The number of ether oxygens (including phenoxy) is 2. The topological polar surface area (TPSA) is 39.5 Å². The fourth-order valence-corrected chi connectivity index (χ4v) is 3.49. The van der Waals surface area contributed by atoms with Crippen LogP contribution in [0.2, 0.25) is 0 Å². The predicted molar refractivity (Wildman–Crippen MR) is 116 cm³/mol. The second-order valence-corrected chi connectivity index (χ2v) is 7.69. The Hall–Kier alpha value is -2.77. The van der Waals surface area contributed by atoms with E-state index in [0.717, 1.165) is 30.8 Å². The van der Waals surface area contributed by atoms with E-state index in [1.165, 1.54) is 24.3 Å². The maximum Gasteiger partial charge on any atom is 0.132 e. The molecule has 7 heteroatoms. The molecule has 3 rings (SSSR count). The van der Waals surface area contributed by atoms with Crippen molar-refractivity contribution in [2.45, 2.75) is 18.9 Å². The van der Waals surface area contributed by atoms with Crippen LogP contribution in [0.4, 0.5) is 8.78 Å². The summed E-state index contributed by atoms with van der Waals surface area (Å²) < 4.78 is 40.1. The highest BCUT2D eigenvalue weighted by molar-refractivity contribution is 5.32. The largest absolute Gasteiger partial charge is 0.492 e. The van der Waals surface area contributed by atoms with Crippen molar-refractivity contribution in [2.24, 2.45) is 7.05 Å². The SMILES string of the molecule is CN(CCCOC(C)(c1ccc(F)cc1)c1ccnn1C)CCOc1ccc(F)cc1. The second kappa shape index (κ2) is 10.5. The van der Waals surface area contributed by atoms with Gasteiger partial charge in [-0.3, -0.25) is 4.68 Å². The van der Waals surface area contributed by atoms with E-state index in [4.69, 9.17) is 9.47 Å². The second-order valence-electron chi connectivity index (χ2n) is 7.69. The normalized spacial score (nSPS) is 13.4. The highest BCUT2D eigenvalue weighted by Crippen LogP contribution is 2.33. The molecule has 0 amide bonds. The molecule has 0 spiro atoms. The van der Waals surface area contributed by atoms with E-state index in [9.17, 15) is 8.78 Å². The minimum absolute atomic E-state index is 0.275. The monoisotopic (exact) mass is 429 g/mol. The number of nitrogens with zero attached hydrogens (tertiary/aromatic N) is 3. The van der Waals surface area contributed by atoms with E-state index in [1.807, 2.05) is 27.1 Å². The molecule has 0 aliphatic heterocycles. The first-order chi connectivity index (χ1) is 14.9. The van der Waals surface area contributed by atoms with E-state index in [2.05, 4.69) is 10.00 Å². The summed E-state index contributed by atoms with van der Waals surface area (Å²) in [5, 5.41) is 4.27. The van der Waals surface area contributed by atoms with E-state index in [1.54, 1.807) is 35.1 Å². The lowest BCUT2D eigenvalue weighted by atomic mass is 9.92. The standard InChI is InChI=1S/C24H29F2N3O2/c1-24(23-13-14-27-29(23)3,19-5-7-20(25)8-6-19)31-17-4-15-28(2)16-18-30-22-11-9-21(26)10-12-22/h5-14H,4,15-18H2,1-3H3. The summed E-state index contributed by atoms with van der Waals surface area (Å²) in [5.41, 5.74) is 1.04. The highest BCUT2D eigenvalue weighted by atomic mass is 19.1. The third kappa shape index (κ3) is 6.12. The molecule has 0 fully saturated rings. The van der Waals surface area contributed by atoms with Gasteiger partial charge >= 0.3 is 0 Å². The van der Waals surface area contributed by atoms with Crippen molar-refractivity contribution in [3.8, 4) is 5.75 Å². The zero-order chi connectivity index (χ0) is 22.3. The maximum absolute atomic E-state index is 13.4. The van der Waals surface area contributed by atoms with E-state index in [-0.39, 0.29) is 11.6 Å². The smallest absolute Gasteiger partial charge is 0.132 e. The first-order valence-electron chi connectivity index (χ1n) is 10.3. The van der Waals surface area contributed by atoms with Crippen LogP contribution in [0.15, 0.2) is 60.8 Å². The van der Waals surface area contributed by atoms with Crippen LogP contribution >= 0.6 is 0 Å². The van der Waals surface area contributed by atoms with Crippen molar-refractivity contribution >= 4 is 0 Å². The summed E-state index contributed by atoms with van der Waals surface area (Å²) in [6.07, 6.45) is 2.55. The number of hydrogen-bond donors (Lipinski definition) is 0. The van der Waals surface area contributed by atoms with Gasteiger partial charge in [-0.1, -0.05) is 12.1 Å². The van der Waals surface area contributed by atoms with Gasteiger partial charge in [0.05, 0.1) is 5.69 Å². The molecule has 0 aliphatic carbocycles. The van der Waals surface area contributed by atoms with Crippen LogP contribution in [-0.4, -0.2) is 48.0 Å². The Labute approximate surface area is 182 Å². The maximum atomic E-state index is 13.4. The van der Waals surface area contributed by atoms with Crippen molar-refractivity contribution in [1.29, 1.82) is 0 Å². The Morgan fingerprint density at radius 2 is 1.58 bits per heavy atom. The molecule has 3 aromatic rings. The van der Waals surface area contributed by atoms with Gasteiger partial charge in [-0.2, -0.15) is 5.10 Å². The molecule has 1 atom stereocenters.